The molecule has 6 nitrogen and oxygen atoms in total. The van der Waals surface area contributed by atoms with Crippen LogP contribution >= 0.6 is 23.2 Å². The van der Waals surface area contributed by atoms with Gasteiger partial charge in [0.1, 0.15) is 5.75 Å². The summed E-state index contributed by atoms with van der Waals surface area (Å²) in [5.74, 6) is 1.07. The average molecular weight is 439 g/mol. The number of halogens is 2. The Morgan fingerprint density at radius 1 is 0.900 bits per heavy atom. The fourth-order valence-corrected chi connectivity index (χ4v) is 3.08. The Morgan fingerprint density at radius 3 is 2.10 bits per heavy atom. The van der Waals surface area contributed by atoms with E-state index in [1.54, 1.807) is 60.3 Å². The Kier molecular flexibility index (Phi) is 5.70. The summed E-state index contributed by atoms with van der Waals surface area (Å²) in [4.78, 5) is 17.1. The van der Waals surface area contributed by atoms with Crippen molar-refractivity contribution in [3.8, 4) is 22.8 Å². The highest BCUT2D eigenvalue weighted by Crippen LogP contribution is 2.25. The molecule has 0 aliphatic rings. The molecule has 4 aromatic rings. The number of nitrogens with zero attached hydrogens (tertiary/aromatic N) is 3. The molecule has 30 heavy (non-hydrogen) atoms. The molecule has 1 N–H and O–H groups in total. The maximum atomic E-state index is 12.6. The minimum Gasteiger partial charge on any atom is -0.497 e. The number of methoxy groups -OCH3 is 1. The molecular weight excluding hydrogens is 423 g/mol. The van der Waals surface area contributed by atoms with Crippen molar-refractivity contribution < 1.29 is 9.53 Å². The normalized spacial score (nSPS) is 10.6. The molecule has 0 saturated heterocycles. The molecule has 0 aliphatic carbocycles. The quantitative estimate of drug-likeness (QED) is 0.446. The fourth-order valence-electron chi connectivity index (χ4n) is 2.83. The summed E-state index contributed by atoms with van der Waals surface area (Å²) in [6.45, 7) is 0. The number of benzene rings is 3. The van der Waals surface area contributed by atoms with E-state index in [9.17, 15) is 4.79 Å². The van der Waals surface area contributed by atoms with Crippen molar-refractivity contribution in [1.82, 2.24) is 14.8 Å². The van der Waals surface area contributed by atoms with Crippen molar-refractivity contribution in [3.05, 3.63) is 88.4 Å². The molecule has 150 valence electrons. The molecule has 1 amide bonds. The summed E-state index contributed by atoms with van der Waals surface area (Å²) in [7, 11) is 1.57. The number of rotatable bonds is 5. The number of carbonyl (C=O) groups excluding carboxylic acids is 1. The van der Waals surface area contributed by atoms with E-state index in [1.807, 2.05) is 24.3 Å². The minimum absolute atomic E-state index is 0.177. The lowest BCUT2D eigenvalue weighted by molar-refractivity contribution is 0.102. The zero-order valence-electron chi connectivity index (χ0n) is 15.8. The summed E-state index contributed by atoms with van der Waals surface area (Å²) in [5, 5.41) is 8.45. The van der Waals surface area contributed by atoms with Crippen LogP contribution in [0.15, 0.2) is 72.8 Å². The third kappa shape index (κ3) is 4.30. The van der Waals surface area contributed by atoms with Gasteiger partial charge in [-0.1, -0.05) is 23.2 Å². The second-order valence-electron chi connectivity index (χ2n) is 6.34. The smallest absolute Gasteiger partial charge is 0.258 e. The maximum absolute atomic E-state index is 12.6. The Bertz CT molecular complexity index is 1110. The molecule has 0 bridgehead atoms. The van der Waals surface area contributed by atoms with Gasteiger partial charge in [-0.15, -0.1) is 5.10 Å². The number of aromatic nitrogens is 3. The van der Waals surface area contributed by atoms with E-state index in [0.29, 0.717) is 27.2 Å². The van der Waals surface area contributed by atoms with Crippen LogP contribution in [0, 0.1) is 0 Å². The van der Waals surface area contributed by atoms with Crippen LogP contribution < -0.4 is 10.1 Å². The number of hydrogen-bond donors (Lipinski definition) is 1. The standard InChI is InChI=1S/C22H16Cl2N4O2/c1-30-19-12-4-15(5-13-19)21(29)26-22-25-20(14-2-6-16(23)7-3-14)28(27-22)18-10-8-17(24)9-11-18/h2-13H,1H3,(H,26,27,29). The Balaban J connectivity index is 1.69. The van der Waals surface area contributed by atoms with Gasteiger partial charge in [0.25, 0.3) is 5.91 Å². The van der Waals surface area contributed by atoms with Gasteiger partial charge < -0.3 is 4.74 Å². The second kappa shape index (κ2) is 8.57. The molecular formula is C22H16Cl2N4O2. The van der Waals surface area contributed by atoms with Crippen molar-refractivity contribution in [3.63, 3.8) is 0 Å². The minimum atomic E-state index is -0.325. The highest BCUT2D eigenvalue weighted by atomic mass is 35.5. The zero-order valence-corrected chi connectivity index (χ0v) is 17.4. The van der Waals surface area contributed by atoms with E-state index < -0.39 is 0 Å². The lowest BCUT2D eigenvalue weighted by atomic mass is 10.2. The SMILES string of the molecule is COc1ccc(C(=O)Nc2nc(-c3ccc(Cl)cc3)n(-c3ccc(Cl)cc3)n2)cc1. The van der Waals surface area contributed by atoms with E-state index >= 15 is 0 Å². The lowest BCUT2D eigenvalue weighted by Crippen LogP contribution is -2.13. The van der Waals surface area contributed by atoms with Crippen LogP contribution in [0.4, 0.5) is 5.95 Å². The van der Waals surface area contributed by atoms with Crippen LogP contribution in [0.25, 0.3) is 17.1 Å². The molecule has 8 heteroatoms. The van der Waals surface area contributed by atoms with Crippen LogP contribution in [-0.4, -0.2) is 27.8 Å². The topological polar surface area (TPSA) is 69.0 Å². The second-order valence-corrected chi connectivity index (χ2v) is 7.21. The van der Waals surface area contributed by atoms with Gasteiger partial charge in [0, 0.05) is 21.2 Å². The molecule has 1 aromatic heterocycles. The van der Waals surface area contributed by atoms with Gasteiger partial charge in [0.2, 0.25) is 5.95 Å². The van der Waals surface area contributed by atoms with E-state index in [1.165, 1.54) is 0 Å². The van der Waals surface area contributed by atoms with E-state index in [4.69, 9.17) is 27.9 Å². The van der Waals surface area contributed by atoms with Crippen LogP contribution in [0.1, 0.15) is 10.4 Å². The first kappa shape index (κ1) is 19.9. The van der Waals surface area contributed by atoms with Gasteiger partial charge in [-0.05, 0) is 72.8 Å². The monoisotopic (exact) mass is 438 g/mol. The van der Waals surface area contributed by atoms with Crippen LogP contribution in [0.2, 0.25) is 10.0 Å². The molecule has 0 unspecified atom stereocenters. The van der Waals surface area contributed by atoms with Gasteiger partial charge in [0.05, 0.1) is 12.8 Å². The molecule has 3 aromatic carbocycles. The first-order valence-corrected chi connectivity index (χ1v) is 9.73. The van der Waals surface area contributed by atoms with E-state index in [2.05, 4.69) is 15.4 Å². The summed E-state index contributed by atoms with van der Waals surface area (Å²) in [6, 6.07) is 21.2. The molecule has 0 aliphatic heterocycles. The Morgan fingerprint density at radius 2 is 1.50 bits per heavy atom. The van der Waals surface area contributed by atoms with Crippen molar-refractivity contribution in [2.24, 2.45) is 0 Å². The highest BCUT2D eigenvalue weighted by molar-refractivity contribution is 6.30. The van der Waals surface area contributed by atoms with Crippen molar-refractivity contribution >= 4 is 35.1 Å². The van der Waals surface area contributed by atoms with Crippen LogP contribution in [0.5, 0.6) is 5.75 Å². The molecule has 0 fully saturated rings. The van der Waals surface area contributed by atoms with Crippen LogP contribution in [-0.2, 0) is 0 Å². The summed E-state index contributed by atoms with van der Waals surface area (Å²) in [6.07, 6.45) is 0. The summed E-state index contributed by atoms with van der Waals surface area (Å²) in [5.41, 5.74) is 2.01. The molecule has 0 spiro atoms. The number of amides is 1. The molecule has 0 saturated carbocycles. The van der Waals surface area contributed by atoms with Crippen LogP contribution in [0.3, 0.4) is 0 Å². The van der Waals surface area contributed by atoms with Gasteiger partial charge in [-0.3, -0.25) is 10.1 Å². The van der Waals surface area contributed by atoms with Crippen molar-refractivity contribution in [2.75, 3.05) is 12.4 Å². The van der Waals surface area contributed by atoms with E-state index in [0.717, 1.165) is 11.3 Å². The summed E-state index contributed by atoms with van der Waals surface area (Å²) < 4.78 is 6.76. The molecule has 4 rings (SSSR count). The number of anilines is 1. The zero-order chi connectivity index (χ0) is 21.1. The predicted molar refractivity (Wildman–Crippen MR) is 118 cm³/mol. The van der Waals surface area contributed by atoms with Gasteiger partial charge >= 0.3 is 0 Å². The fraction of sp³-hybridized carbons (Fsp3) is 0.0455. The molecule has 0 atom stereocenters. The van der Waals surface area contributed by atoms with Gasteiger partial charge in [-0.25, -0.2) is 4.68 Å². The maximum Gasteiger partial charge on any atom is 0.258 e. The van der Waals surface area contributed by atoms with E-state index in [-0.39, 0.29) is 11.9 Å². The third-order valence-electron chi connectivity index (χ3n) is 4.36. The summed E-state index contributed by atoms with van der Waals surface area (Å²) >= 11 is 12.0. The number of carbonyl (C=O) groups is 1. The number of nitrogens with one attached hydrogen (secondary N) is 1. The lowest BCUT2D eigenvalue weighted by Gasteiger charge is -2.06. The highest BCUT2D eigenvalue weighted by Gasteiger charge is 2.16. The third-order valence-corrected chi connectivity index (χ3v) is 4.86. The Labute approximate surface area is 183 Å². The first-order chi connectivity index (χ1) is 14.5. The van der Waals surface area contributed by atoms with Gasteiger partial charge in [-0.2, -0.15) is 4.98 Å². The molecule has 1 heterocycles. The molecule has 0 radical (unpaired) electrons. The Hall–Kier alpha value is -3.35. The average Bonchev–Trinajstić information content (AvgIpc) is 3.18. The number of ether oxygens (including phenoxy) is 1. The number of hydrogen-bond acceptors (Lipinski definition) is 4. The predicted octanol–water partition coefficient (Wildman–Crippen LogP) is 5.50. The first-order valence-electron chi connectivity index (χ1n) is 8.98. The van der Waals surface area contributed by atoms with Crippen molar-refractivity contribution in [2.45, 2.75) is 0 Å². The largest absolute Gasteiger partial charge is 0.497 e. The van der Waals surface area contributed by atoms with Crippen molar-refractivity contribution in [1.29, 1.82) is 0 Å². The van der Waals surface area contributed by atoms with Gasteiger partial charge in [0.15, 0.2) is 5.82 Å².